The van der Waals surface area contributed by atoms with Gasteiger partial charge in [0.15, 0.2) is 0 Å². The van der Waals surface area contributed by atoms with Gasteiger partial charge in [-0.2, -0.15) is 0 Å². The third kappa shape index (κ3) is 4.28. The number of rotatable bonds is 4. The van der Waals surface area contributed by atoms with E-state index in [1.807, 2.05) is 18.5 Å². The molecule has 176 valence electrons. The molecule has 5 nitrogen and oxygen atoms in total. The van der Waals surface area contributed by atoms with Crippen molar-refractivity contribution < 1.29 is 9.13 Å². The second-order valence-corrected chi connectivity index (χ2v) is 10.8. The zero-order valence-electron chi connectivity index (χ0n) is 19.5. The Labute approximate surface area is 196 Å². The van der Waals surface area contributed by atoms with E-state index in [4.69, 9.17) is 4.74 Å². The van der Waals surface area contributed by atoms with E-state index in [2.05, 4.69) is 25.8 Å². The zero-order valence-corrected chi connectivity index (χ0v) is 19.5. The van der Waals surface area contributed by atoms with Crippen LogP contribution in [0.1, 0.15) is 67.9 Å². The fraction of sp³-hybridized carbons (Fsp3) is 0.630. The topological polar surface area (TPSA) is 41.5 Å². The van der Waals surface area contributed by atoms with Gasteiger partial charge in [0.1, 0.15) is 12.1 Å². The molecule has 0 amide bonds. The quantitative estimate of drug-likeness (QED) is 0.673. The fourth-order valence-corrected chi connectivity index (χ4v) is 7.03. The van der Waals surface area contributed by atoms with E-state index in [9.17, 15) is 4.39 Å². The minimum Gasteiger partial charge on any atom is -0.381 e. The maximum absolute atomic E-state index is 14.2. The van der Waals surface area contributed by atoms with Gasteiger partial charge in [0.25, 0.3) is 0 Å². The van der Waals surface area contributed by atoms with E-state index in [0.717, 1.165) is 70.8 Å². The molecule has 33 heavy (non-hydrogen) atoms. The van der Waals surface area contributed by atoms with Crippen molar-refractivity contribution in [2.45, 2.75) is 62.8 Å². The van der Waals surface area contributed by atoms with Crippen LogP contribution < -0.4 is 4.90 Å². The third-order valence-corrected chi connectivity index (χ3v) is 8.84. The molecule has 1 aromatic heterocycles. The van der Waals surface area contributed by atoms with Gasteiger partial charge in [0.2, 0.25) is 0 Å². The van der Waals surface area contributed by atoms with Gasteiger partial charge in [0.05, 0.1) is 18.1 Å². The Kier molecular flexibility index (Phi) is 5.83. The maximum Gasteiger partial charge on any atom is 0.123 e. The molecule has 1 aliphatic carbocycles. The molecule has 1 aromatic carbocycles. The van der Waals surface area contributed by atoms with Crippen molar-refractivity contribution in [1.82, 2.24) is 14.9 Å². The zero-order chi connectivity index (χ0) is 22.3. The highest BCUT2D eigenvalue weighted by atomic mass is 19.1. The van der Waals surface area contributed by atoms with Gasteiger partial charge >= 0.3 is 0 Å². The molecule has 4 heterocycles. The number of aromatic nitrogens is 2. The van der Waals surface area contributed by atoms with Crippen LogP contribution in [0.4, 0.5) is 10.1 Å². The Morgan fingerprint density at radius 2 is 1.64 bits per heavy atom. The lowest BCUT2D eigenvalue weighted by Gasteiger charge is -2.50. The lowest BCUT2D eigenvalue weighted by Crippen LogP contribution is -2.56. The molecule has 2 aromatic rings. The second-order valence-electron chi connectivity index (χ2n) is 10.8. The molecule has 1 atom stereocenters. The van der Waals surface area contributed by atoms with E-state index in [0.29, 0.717) is 23.3 Å². The number of hydrogen-bond donors (Lipinski definition) is 0. The molecular weight excluding hydrogens is 415 g/mol. The Bertz CT molecular complexity index is 950. The van der Waals surface area contributed by atoms with Gasteiger partial charge in [-0.1, -0.05) is 6.07 Å². The number of ether oxygens (including phenoxy) is 1. The minimum atomic E-state index is -0.0840. The van der Waals surface area contributed by atoms with Crippen LogP contribution in [-0.2, 0) is 4.74 Å². The van der Waals surface area contributed by atoms with Crippen LogP contribution in [0.5, 0.6) is 0 Å². The molecule has 0 radical (unpaired) electrons. The Morgan fingerprint density at radius 1 is 0.909 bits per heavy atom. The molecule has 3 saturated heterocycles. The number of hydrogen-bond acceptors (Lipinski definition) is 5. The largest absolute Gasteiger partial charge is 0.381 e. The fourth-order valence-electron chi connectivity index (χ4n) is 7.03. The Hall–Kier alpha value is -2.05. The van der Waals surface area contributed by atoms with Gasteiger partial charge in [0, 0.05) is 37.8 Å². The SMILES string of the molecule is Fc1ccc(C2CCOCC2)c(C2CCN([C@@H]3CCC4(C3)CN(c3cncnc3)C4)CC2)c1. The highest BCUT2D eigenvalue weighted by Crippen LogP contribution is 2.49. The van der Waals surface area contributed by atoms with Crippen molar-refractivity contribution in [2.24, 2.45) is 5.41 Å². The summed E-state index contributed by atoms with van der Waals surface area (Å²) in [6, 6.07) is 6.27. The Morgan fingerprint density at radius 3 is 2.39 bits per heavy atom. The summed E-state index contributed by atoms with van der Waals surface area (Å²) in [4.78, 5) is 13.5. The van der Waals surface area contributed by atoms with Crippen LogP contribution in [0, 0.1) is 11.2 Å². The predicted octanol–water partition coefficient (Wildman–Crippen LogP) is 4.75. The Balaban J connectivity index is 1.06. The van der Waals surface area contributed by atoms with Crippen LogP contribution in [-0.4, -0.2) is 60.3 Å². The average Bonchev–Trinajstić information content (AvgIpc) is 3.30. The molecule has 4 aliphatic rings. The summed E-state index contributed by atoms with van der Waals surface area (Å²) in [5.41, 5.74) is 4.31. The minimum absolute atomic E-state index is 0.0840. The lowest BCUT2D eigenvalue weighted by molar-refractivity contribution is 0.0848. The lowest BCUT2D eigenvalue weighted by atomic mass is 9.77. The highest BCUT2D eigenvalue weighted by molar-refractivity contribution is 5.46. The predicted molar refractivity (Wildman–Crippen MR) is 127 cm³/mol. The van der Waals surface area contributed by atoms with Crippen molar-refractivity contribution in [3.63, 3.8) is 0 Å². The molecule has 0 N–H and O–H groups in total. The number of piperidine rings is 1. The first-order chi connectivity index (χ1) is 16.2. The summed E-state index contributed by atoms with van der Waals surface area (Å²) >= 11 is 0. The summed E-state index contributed by atoms with van der Waals surface area (Å²) in [5.74, 6) is 0.931. The summed E-state index contributed by atoms with van der Waals surface area (Å²) in [6.45, 7) is 6.24. The van der Waals surface area contributed by atoms with Crippen LogP contribution in [0.25, 0.3) is 0 Å². The van der Waals surface area contributed by atoms with E-state index in [-0.39, 0.29) is 5.82 Å². The third-order valence-electron chi connectivity index (χ3n) is 8.84. The molecule has 6 rings (SSSR count). The number of benzene rings is 1. The molecule has 3 aliphatic heterocycles. The van der Waals surface area contributed by atoms with Gasteiger partial charge in [-0.25, -0.2) is 14.4 Å². The van der Waals surface area contributed by atoms with E-state index in [1.54, 1.807) is 12.4 Å². The van der Waals surface area contributed by atoms with Crippen LogP contribution >= 0.6 is 0 Å². The number of nitrogens with zero attached hydrogens (tertiary/aromatic N) is 4. The number of anilines is 1. The van der Waals surface area contributed by atoms with Crippen molar-refractivity contribution in [1.29, 1.82) is 0 Å². The maximum atomic E-state index is 14.2. The first-order valence-corrected chi connectivity index (χ1v) is 12.8. The van der Waals surface area contributed by atoms with Crippen molar-refractivity contribution in [2.75, 3.05) is 44.3 Å². The summed E-state index contributed by atoms with van der Waals surface area (Å²) in [7, 11) is 0. The standard InChI is InChI=1S/C27H35FN4O/c28-22-1-2-25(21-6-11-33-12-7-21)26(13-22)20-4-9-31(10-5-20)23-3-8-27(14-23)17-32(18-27)24-15-29-19-30-16-24/h1-2,13,15-16,19-21,23H,3-12,14,17-18H2/t23-/m1/s1. The first kappa shape index (κ1) is 21.5. The molecular formula is C27H35FN4O. The van der Waals surface area contributed by atoms with Crippen molar-refractivity contribution in [3.05, 3.63) is 53.9 Å². The first-order valence-electron chi connectivity index (χ1n) is 12.8. The molecule has 4 fully saturated rings. The second kappa shape index (κ2) is 8.95. The van der Waals surface area contributed by atoms with E-state index in [1.165, 1.54) is 30.4 Å². The smallest absolute Gasteiger partial charge is 0.123 e. The average molecular weight is 451 g/mol. The van der Waals surface area contributed by atoms with E-state index >= 15 is 0 Å². The van der Waals surface area contributed by atoms with Gasteiger partial charge in [-0.3, -0.25) is 0 Å². The molecule has 0 bridgehead atoms. The number of halogens is 1. The van der Waals surface area contributed by atoms with Crippen LogP contribution in [0.3, 0.4) is 0 Å². The molecule has 1 spiro atoms. The van der Waals surface area contributed by atoms with Gasteiger partial charge < -0.3 is 14.5 Å². The summed E-state index contributed by atoms with van der Waals surface area (Å²) in [5, 5.41) is 0. The van der Waals surface area contributed by atoms with Crippen molar-refractivity contribution in [3.8, 4) is 0 Å². The summed E-state index contributed by atoms with van der Waals surface area (Å²) in [6.07, 6.45) is 13.8. The van der Waals surface area contributed by atoms with Crippen LogP contribution in [0.2, 0.25) is 0 Å². The van der Waals surface area contributed by atoms with Crippen LogP contribution in [0.15, 0.2) is 36.9 Å². The molecule has 0 unspecified atom stereocenters. The summed E-state index contributed by atoms with van der Waals surface area (Å²) < 4.78 is 19.8. The monoisotopic (exact) mass is 450 g/mol. The molecule has 6 heteroatoms. The van der Waals surface area contributed by atoms with E-state index < -0.39 is 0 Å². The van der Waals surface area contributed by atoms with Gasteiger partial charge in [-0.05, 0) is 93.1 Å². The van der Waals surface area contributed by atoms with Crippen molar-refractivity contribution >= 4 is 5.69 Å². The molecule has 1 saturated carbocycles. The highest BCUT2D eigenvalue weighted by Gasteiger charge is 2.49. The number of likely N-dealkylation sites (tertiary alicyclic amines) is 1. The van der Waals surface area contributed by atoms with Gasteiger partial charge in [-0.15, -0.1) is 0 Å². The normalized spacial score (nSPS) is 26.6.